The molecule has 0 N–H and O–H groups in total. The average molecular weight is 315 g/mol. The van der Waals surface area contributed by atoms with Gasteiger partial charge in [0.1, 0.15) is 0 Å². The lowest BCUT2D eigenvalue weighted by molar-refractivity contribution is 0.0800. The van der Waals surface area contributed by atoms with Crippen molar-refractivity contribution < 1.29 is 13.3 Å². The predicted octanol–water partition coefficient (Wildman–Crippen LogP) is 3.02. The van der Waals surface area contributed by atoms with Gasteiger partial charge < -0.3 is 13.3 Å². The SMILES string of the molecule is CCO[Si](OCC)(OCCCCCS)c1ccccc1. The van der Waals surface area contributed by atoms with Crippen LogP contribution >= 0.6 is 12.6 Å². The average Bonchev–Trinajstić information content (AvgIpc) is 2.48. The topological polar surface area (TPSA) is 27.7 Å². The molecule has 0 spiro atoms. The molecule has 0 atom stereocenters. The number of benzene rings is 1. The first-order chi connectivity index (χ1) is 9.79. The van der Waals surface area contributed by atoms with Gasteiger partial charge in [0.2, 0.25) is 0 Å². The van der Waals surface area contributed by atoms with Crippen molar-refractivity contribution in [1.82, 2.24) is 0 Å². The van der Waals surface area contributed by atoms with E-state index in [0.717, 1.165) is 30.2 Å². The van der Waals surface area contributed by atoms with Crippen LogP contribution in [0.15, 0.2) is 30.3 Å². The van der Waals surface area contributed by atoms with E-state index in [-0.39, 0.29) is 0 Å². The Balaban J connectivity index is 2.72. The van der Waals surface area contributed by atoms with Crippen molar-refractivity contribution in [3.05, 3.63) is 30.3 Å². The highest BCUT2D eigenvalue weighted by atomic mass is 32.1. The molecule has 114 valence electrons. The third kappa shape index (κ3) is 5.58. The maximum atomic E-state index is 6.11. The van der Waals surface area contributed by atoms with Gasteiger partial charge in [-0.2, -0.15) is 12.6 Å². The second kappa shape index (κ2) is 10.4. The van der Waals surface area contributed by atoms with E-state index in [1.807, 2.05) is 44.2 Å². The summed E-state index contributed by atoms with van der Waals surface area (Å²) in [7, 11) is -2.75. The molecule has 3 nitrogen and oxygen atoms in total. The molecule has 0 aliphatic rings. The smallest absolute Gasteiger partial charge is 0.370 e. The molecule has 0 radical (unpaired) electrons. The van der Waals surface area contributed by atoms with E-state index < -0.39 is 8.80 Å². The molecule has 1 rings (SSSR count). The molecule has 0 unspecified atom stereocenters. The van der Waals surface area contributed by atoms with Crippen LogP contribution in [0.1, 0.15) is 33.1 Å². The number of hydrogen-bond acceptors (Lipinski definition) is 4. The summed E-state index contributed by atoms with van der Waals surface area (Å²) >= 11 is 4.22. The zero-order valence-electron chi connectivity index (χ0n) is 12.5. The Morgan fingerprint density at radius 3 is 2.10 bits per heavy atom. The second-order valence-electron chi connectivity index (χ2n) is 4.42. The third-order valence-corrected chi connectivity index (χ3v) is 6.17. The monoisotopic (exact) mass is 314 g/mol. The number of thiol groups is 1. The molecule has 0 fully saturated rings. The molecular formula is C15H26O3SSi. The van der Waals surface area contributed by atoms with Gasteiger partial charge in [0.05, 0.1) is 0 Å². The quantitative estimate of drug-likeness (QED) is 0.386. The van der Waals surface area contributed by atoms with Crippen LogP contribution in [0, 0.1) is 0 Å². The van der Waals surface area contributed by atoms with E-state index in [9.17, 15) is 0 Å². The van der Waals surface area contributed by atoms with Gasteiger partial charge in [0, 0.05) is 25.0 Å². The molecule has 0 saturated carbocycles. The summed E-state index contributed by atoms with van der Waals surface area (Å²) in [4.78, 5) is 0. The minimum Gasteiger partial charge on any atom is -0.370 e. The van der Waals surface area contributed by atoms with Crippen molar-refractivity contribution in [2.75, 3.05) is 25.6 Å². The second-order valence-corrected chi connectivity index (χ2v) is 7.42. The molecule has 0 aliphatic heterocycles. The van der Waals surface area contributed by atoms with Gasteiger partial charge in [-0.15, -0.1) is 0 Å². The van der Waals surface area contributed by atoms with Gasteiger partial charge in [0.15, 0.2) is 0 Å². The van der Waals surface area contributed by atoms with E-state index in [0.29, 0.717) is 19.8 Å². The summed E-state index contributed by atoms with van der Waals surface area (Å²) < 4.78 is 18.0. The highest BCUT2D eigenvalue weighted by Gasteiger charge is 2.43. The van der Waals surface area contributed by atoms with Crippen molar-refractivity contribution in [2.45, 2.75) is 33.1 Å². The molecule has 1 aromatic rings. The molecule has 0 saturated heterocycles. The van der Waals surface area contributed by atoms with E-state index in [1.54, 1.807) is 0 Å². The van der Waals surface area contributed by atoms with E-state index in [1.165, 1.54) is 0 Å². The zero-order valence-corrected chi connectivity index (χ0v) is 14.4. The van der Waals surface area contributed by atoms with Gasteiger partial charge in [0.25, 0.3) is 0 Å². The van der Waals surface area contributed by atoms with Gasteiger partial charge in [-0.1, -0.05) is 36.8 Å². The summed E-state index contributed by atoms with van der Waals surface area (Å²) in [6.07, 6.45) is 3.26. The van der Waals surface area contributed by atoms with Crippen molar-refractivity contribution in [1.29, 1.82) is 0 Å². The lowest BCUT2D eigenvalue weighted by Gasteiger charge is -2.29. The van der Waals surface area contributed by atoms with Gasteiger partial charge >= 0.3 is 8.80 Å². The highest BCUT2D eigenvalue weighted by Crippen LogP contribution is 2.12. The van der Waals surface area contributed by atoms with Crippen LogP contribution in [0.25, 0.3) is 0 Å². The van der Waals surface area contributed by atoms with Crippen molar-refractivity contribution in [3.63, 3.8) is 0 Å². The molecule has 0 amide bonds. The Labute approximate surface area is 129 Å². The van der Waals surface area contributed by atoms with Crippen LogP contribution in [0.5, 0.6) is 0 Å². The minimum atomic E-state index is -2.75. The fourth-order valence-electron chi connectivity index (χ4n) is 1.99. The van der Waals surface area contributed by atoms with Crippen molar-refractivity contribution >= 4 is 26.6 Å². The van der Waals surface area contributed by atoms with E-state index in [4.69, 9.17) is 13.3 Å². The first-order valence-corrected chi connectivity index (χ1v) is 9.73. The lowest BCUT2D eigenvalue weighted by Crippen LogP contribution is -2.57. The zero-order chi connectivity index (χ0) is 14.7. The largest absolute Gasteiger partial charge is 0.537 e. The van der Waals surface area contributed by atoms with Crippen LogP contribution < -0.4 is 5.19 Å². The lowest BCUT2D eigenvalue weighted by atomic mass is 10.3. The maximum Gasteiger partial charge on any atom is 0.537 e. The molecule has 5 heteroatoms. The summed E-state index contributed by atoms with van der Waals surface area (Å²) in [6.45, 7) is 5.83. The molecule has 0 aromatic heterocycles. The molecule has 0 aliphatic carbocycles. The van der Waals surface area contributed by atoms with Crippen LogP contribution in [0.2, 0.25) is 0 Å². The van der Waals surface area contributed by atoms with Crippen LogP contribution in [-0.2, 0) is 13.3 Å². The van der Waals surface area contributed by atoms with E-state index in [2.05, 4.69) is 12.6 Å². The number of hydrogen-bond donors (Lipinski definition) is 1. The standard InChI is InChI=1S/C15H26O3SSi/c1-3-16-20(17-4-2,15-11-7-5-8-12-15)18-13-9-6-10-14-19/h5,7-8,11-12,19H,3-4,6,9-10,13-14H2,1-2H3. The molecule has 0 bridgehead atoms. The molecule has 20 heavy (non-hydrogen) atoms. The van der Waals surface area contributed by atoms with Gasteiger partial charge in [-0.3, -0.25) is 0 Å². The van der Waals surface area contributed by atoms with Crippen LogP contribution in [0.4, 0.5) is 0 Å². The third-order valence-electron chi connectivity index (χ3n) is 2.89. The number of rotatable bonds is 11. The first-order valence-electron chi connectivity index (χ1n) is 7.37. The van der Waals surface area contributed by atoms with Gasteiger partial charge in [-0.05, 0) is 32.4 Å². The predicted molar refractivity (Wildman–Crippen MR) is 88.7 cm³/mol. The fraction of sp³-hybridized carbons (Fsp3) is 0.600. The van der Waals surface area contributed by atoms with Crippen molar-refractivity contribution in [3.8, 4) is 0 Å². The summed E-state index contributed by atoms with van der Waals surface area (Å²) in [5, 5.41) is 1.04. The Kier molecular flexibility index (Phi) is 9.21. The number of unbranched alkanes of at least 4 members (excludes halogenated alkanes) is 2. The van der Waals surface area contributed by atoms with Crippen LogP contribution in [0.3, 0.4) is 0 Å². The highest BCUT2D eigenvalue weighted by molar-refractivity contribution is 7.80. The Morgan fingerprint density at radius 1 is 0.900 bits per heavy atom. The molecule has 0 heterocycles. The summed E-state index contributed by atoms with van der Waals surface area (Å²) in [5.41, 5.74) is 0. The summed E-state index contributed by atoms with van der Waals surface area (Å²) in [5.74, 6) is 0.929. The normalized spacial score (nSPS) is 11.8. The van der Waals surface area contributed by atoms with E-state index >= 15 is 0 Å². The maximum absolute atomic E-state index is 6.11. The summed E-state index contributed by atoms with van der Waals surface area (Å²) in [6, 6.07) is 10.1. The molecule has 1 aromatic carbocycles. The minimum absolute atomic E-state index is 0.595. The Hall–Kier alpha value is -0.333. The van der Waals surface area contributed by atoms with Crippen LogP contribution in [-0.4, -0.2) is 34.4 Å². The fourth-order valence-corrected chi connectivity index (χ4v) is 4.74. The van der Waals surface area contributed by atoms with Gasteiger partial charge in [-0.25, -0.2) is 0 Å². The Morgan fingerprint density at radius 2 is 1.55 bits per heavy atom. The first kappa shape index (κ1) is 17.7. The molecular weight excluding hydrogens is 288 g/mol. The van der Waals surface area contributed by atoms with Crippen molar-refractivity contribution in [2.24, 2.45) is 0 Å². The Bertz CT molecular complexity index is 342.